The molecule has 600 valence electrons. The monoisotopic (exact) mass is 1680 g/mol. The molecule has 0 radical (unpaired) electrons. The summed E-state index contributed by atoms with van der Waals surface area (Å²) in [7, 11) is -3.45. The first-order valence-corrected chi connectivity index (χ1v) is 59.2. The Bertz CT molecular complexity index is 5110. The van der Waals surface area contributed by atoms with Gasteiger partial charge < -0.3 is 19.6 Å². The maximum absolute atomic E-state index is 2.59. The largest absolute Gasteiger partial charge is 0.359 e. The molecule has 2 aliphatic heterocycles. The zero-order valence-corrected chi connectivity index (χ0v) is 78.7. The van der Waals surface area contributed by atoms with Gasteiger partial charge in [-0.25, -0.2) is 4.57 Å². The number of rotatable bonds is 20. The molecule has 3 heterocycles. The lowest BCUT2D eigenvalue weighted by Gasteiger charge is -2.33. The molecule has 14 aromatic rings. The molecule has 1 aromatic heterocycles. The third-order valence-corrected chi connectivity index (χ3v) is 47.3. The molecule has 0 bridgehead atoms. The Kier molecular flexibility index (Phi) is 29.8. The molecule has 0 saturated heterocycles. The van der Waals surface area contributed by atoms with Crippen molar-refractivity contribution in [2.45, 2.75) is 32.3 Å². The second-order valence-electron chi connectivity index (χ2n) is 33.5. The Morgan fingerprint density at radius 2 is 0.525 bits per heavy atom. The predicted octanol–water partition coefficient (Wildman–Crippen LogP) is 19.4. The molecule has 0 amide bonds. The van der Waals surface area contributed by atoms with Crippen LogP contribution in [0, 0.1) is 0 Å². The summed E-state index contributed by atoms with van der Waals surface area (Å²) >= 11 is 0. The Hall–Kier alpha value is -9.04. The van der Waals surface area contributed by atoms with Crippen LogP contribution in [-0.4, -0.2) is 122 Å². The molecule has 0 spiro atoms. The van der Waals surface area contributed by atoms with Crippen LogP contribution < -0.4 is 88.6 Å². The molecule has 118 heavy (non-hydrogen) atoms. The van der Waals surface area contributed by atoms with Gasteiger partial charge in [-0.1, -0.05) is 218 Å². The molecule has 2 aliphatic rings. The number of aryl methyl sites for hydroxylation is 1. The minimum absolute atomic E-state index is 0.360. The molecular weight excluding hydrogens is 1560 g/mol. The third-order valence-electron chi connectivity index (χ3n) is 23.9. The van der Waals surface area contributed by atoms with Gasteiger partial charge in [0.15, 0.2) is 12.4 Å². The summed E-state index contributed by atoms with van der Waals surface area (Å²) in [5.74, 6) is 0. The smallest absolute Gasteiger partial charge is 0.219 e. The van der Waals surface area contributed by atoms with Gasteiger partial charge in [0.1, 0.15) is 110 Å². The van der Waals surface area contributed by atoms with Crippen LogP contribution in [0.4, 0.5) is 11.4 Å². The number of aromatic nitrogens is 1. The van der Waals surface area contributed by atoms with Crippen LogP contribution in [0.5, 0.6) is 0 Å². The molecular formula is C106H124N5P7+8. The van der Waals surface area contributed by atoms with Crippen molar-refractivity contribution in [3.63, 3.8) is 0 Å². The predicted molar refractivity (Wildman–Crippen MR) is 542 cm³/mol. The first-order valence-electron chi connectivity index (χ1n) is 41.2. The van der Waals surface area contributed by atoms with Gasteiger partial charge in [-0.05, 0) is 178 Å². The van der Waals surface area contributed by atoms with Crippen molar-refractivity contribution in [2.24, 2.45) is 7.05 Å². The van der Waals surface area contributed by atoms with E-state index in [1.165, 1.54) is 80.7 Å². The maximum Gasteiger partial charge on any atom is 0.219 e. The second-order valence-corrected chi connectivity index (χ2v) is 60.7. The molecule has 5 nitrogen and oxygen atoms in total. The van der Waals surface area contributed by atoms with Crippen LogP contribution in [0.25, 0.3) is 0 Å². The number of benzene rings is 13. The number of anilines is 2. The summed E-state index contributed by atoms with van der Waals surface area (Å²) in [5.41, 5.74) is 4.05. The first kappa shape index (κ1) is 88.3. The van der Waals surface area contributed by atoms with E-state index in [1.807, 2.05) is 0 Å². The quantitative estimate of drug-likeness (QED) is 0.0558. The van der Waals surface area contributed by atoms with Crippen molar-refractivity contribution in [3.05, 3.63) is 419 Å². The fourth-order valence-corrected chi connectivity index (χ4v) is 38.5. The lowest BCUT2D eigenvalue weighted by Crippen LogP contribution is -2.43. The van der Waals surface area contributed by atoms with Crippen LogP contribution in [0.2, 0.25) is 0 Å². The van der Waals surface area contributed by atoms with Crippen molar-refractivity contribution < 1.29 is 4.57 Å². The van der Waals surface area contributed by atoms with E-state index in [9.17, 15) is 0 Å². The van der Waals surface area contributed by atoms with E-state index in [-0.39, 0.29) is 0 Å². The summed E-state index contributed by atoms with van der Waals surface area (Å²) in [6, 6.07) is 144. The highest BCUT2D eigenvalue weighted by Gasteiger charge is 2.52. The lowest BCUT2D eigenvalue weighted by molar-refractivity contribution is -0.678. The molecule has 16 rings (SSSR count). The van der Waals surface area contributed by atoms with Crippen LogP contribution >= 0.6 is 50.8 Å². The highest BCUT2D eigenvalue weighted by Crippen LogP contribution is 2.60. The summed E-state index contributed by atoms with van der Waals surface area (Å²) in [6.07, 6.45) is 10.5. The normalized spacial score (nSPS) is 14.1. The number of pyridine rings is 1. The van der Waals surface area contributed by atoms with Gasteiger partial charge in [-0.15, -0.1) is 0 Å². The first-order chi connectivity index (χ1) is 56.8. The molecule has 0 N–H and O–H groups in total. The van der Waals surface area contributed by atoms with Crippen molar-refractivity contribution in [3.8, 4) is 0 Å². The molecule has 0 saturated carbocycles. The minimum Gasteiger partial charge on any atom is -0.359 e. The molecule has 2 unspecified atom stereocenters. The zero-order valence-electron chi connectivity index (χ0n) is 72.4. The molecule has 13 aromatic carbocycles. The van der Waals surface area contributed by atoms with Gasteiger partial charge in [0.05, 0.1) is 117 Å². The van der Waals surface area contributed by atoms with Crippen molar-refractivity contribution in [1.29, 1.82) is 0 Å². The standard InChI is InChI=1S/C32H30P2.C23H26N2P.C20H22NP.C19H24N2P.C12H22P2/c1-33(27-17-7-3-8-18-27,28-19-9-4-10-20-28)31-25-15-16-26-32(31)34(2,29-21-11-5-12-22-29)30-23-13-6-14-24-30;1-19-24(2)22-16-10-11-17-23(22)25(19)18-26(3,20-12-6-4-7-13-20)21-14-8-5-9-15-21;1-21-16-10-9-11-18(21)17-22(2,19-12-5-3-6-13-19)20-14-7-4-8-15-20;1-17-20(2)14-15-21(17)16-22(3,18-10-6-4-7-11-18)19-12-8-5-9-13-19;1-13(2,3)11-9-7-8-10-12(11)14(4,5)6/h3-26H,1-2H3;4-17,19H,18H2,1-3H3;3-16H,17H2,1-2H3;4-15,17H,16H2,1-3H3;7-10H,1-6H3/q+2;+1;+2;+1;+2. The van der Waals surface area contributed by atoms with Gasteiger partial charge in [0.2, 0.25) is 5.69 Å². The van der Waals surface area contributed by atoms with Gasteiger partial charge >= 0.3 is 0 Å². The Morgan fingerprint density at radius 1 is 0.263 bits per heavy atom. The van der Waals surface area contributed by atoms with E-state index in [1.54, 1.807) is 10.6 Å². The van der Waals surface area contributed by atoms with Gasteiger partial charge in [-0.2, -0.15) is 0 Å². The SMILES string of the molecule is CC1N(C)C=CN1C[P+](C)(c1ccccc1)c1ccccc1.CC1N(C)c2ccccc2N1C[P+](C)(c1ccccc1)c1ccccc1.C[P+](C)(C)c1ccccc1[P+](C)(C)C.C[P+](c1ccccc1)(c1ccccc1)c1ccccc1[P+](C)(c1ccccc1)c1ccccc1.C[n+]1ccccc1C[P+](C)(c1ccccc1)c1ccccc1. The third kappa shape index (κ3) is 20.3. The fourth-order valence-electron chi connectivity index (χ4n) is 16.4. The highest BCUT2D eigenvalue weighted by atomic mass is 31.2. The summed E-state index contributed by atoms with van der Waals surface area (Å²) < 4.78 is 2.24. The number of nitrogens with zero attached hydrogens (tertiary/aromatic N) is 5. The zero-order chi connectivity index (χ0) is 83.6. The average molecular weight is 1690 g/mol. The molecule has 2 atom stereocenters. The van der Waals surface area contributed by atoms with Crippen LogP contribution in [-0.2, 0) is 13.2 Å². The van der Waals surface area contributed by atoms with Crippen molar-refractivity contribution in [2.75, 3.05) is 110 Å². The van der Waals surface area contributed by atoms with Gasteiger partial charge in [0.25, 0.3) is 0 Å². The summed E-state index contributed by atoms with van der Waals surface area (Å²) in [4.78, 5) is 9.70. The van der Waals surface area contributed by atoms with E-state index in [4.69, 9.17) is 0 Å². The Labute approximate surface area is 713 Å². The van der Waals surface area contributed by atoms with Gasteiger partial charge in [0, 0.05) is 53.2 Å². The summed E-state index contributed by atoms with van der Waals surface area (Å²) in [5, 5.41) is 20.7. The number of fused-ring (bicyclic) bond motifs is 1. The van der Waals surface area contributed by atoms with Gasteiger partial charge in [-0.3, -0.25) is 0 Å². The van der Waals surface area contributed by atoms with E-state index in [0.29, 0.717) is 12.3 Å². The van der Waals surface area contributed by atoms with Crippen LogP contribution in [0.3, 0.4) is 0 Å². The number of para-hydroxylation sites is 2. The number of hydrogen-bond donors (Lipinski definition) is 0. The average Bonchev–Trinajstić information content (AvgIpc) is 0.868. The second kappa shape index (κ2) is 39.9. The lowest BCUT2D eigenvalue weighted by atomic mass is 10.3. The van der Waals surface area contributed by atoms with Crippen LogP contribution in [0.1, 0.15) is 19.5 Å². The topological polar surface area (TPSA) is 16.8 Å². The Balaban J connectivity index is 0.000000139. The number of hydrogen-bond acceptors (Lipinski definition) is 4. The van der Waals surface area contributed by atoms with E-state index in [2.05, 4.69) is 545 Å². The minimum atomic E-state index is -1.87. The maximum atomic E-state index is 2.59. The van der Waals surface area contributed by atoms with E-state index >= 15 is 0 Å². The molecule has 12 heteroatoms. The summed E-state index contributed by atoms with van der Waals surface area (Å²) in [6.45, 7) is 31.4. The van der Waals surface area contributed by atoms with Crippen molar-refractivity contribution in [1.82, 2.24) is 9.80 Å². The Morgan fingerprint density at radius 3 is 0.822 bits per heavy atom. The van der Waals surface area contributed by atoms with E-state index < -0.39 is 50.8 Å². The molecule has 0 fully saturated rings. The fraction of sp³-hybridized carbons (Fsp3) is 0.198. The molecule has 0 aliphatic carbocycles. The highest BCUT2D eigenvalue weighted by molar-refractivity contribution is 8.00. The van der Waals surface area contributed by atoms with Crippen molar-refractivity contribution >= 4 is 136 Å². The van der Waals surface area contributed by atoms with E-state index in [0.717, 1.165) is 18.7 Å². The van der Waals surface area contributed by atoms with Crippen LogP contribution in [0.15, 0.2) is 413 Å².